The number of aromatic nitrogens is 4. The van der Waals surface area contributed by atoms with Crippen molar-refractivity contribution in [2.75, 3.05) is 10.2 Å². The molecule has 8 heteroatoms. The lowest BCUT2D eigenvalue weighted by Crippen LogP contribution is -2.31. The first kappa shape index (κ1) is 23.2. The molecule has 0 unspecified atom stereocenters. The average molecular weight is 501 g/mol. The van der Waals surface area contributed by atoms with E-state index in [1.54, 1.807) is 24.5 Å². The first-order valence-corrected chi connectivity index (χ1v) is 12.2. The number of nitrogens with zero attached hydrogens (tertiary/aromatic N) is 4. The topological polar surface area (TPSA) is 96.0 Å². The van der Waals surface area contributed by atoms with Gasteiger partial charge >= 0.3 is 6.09 Å². The third kappa shape index (κ3) is 4.51. The van der Waals surface area contributed by atoms with Gasteiger partial charge in [-0.05, 0) is 66.1 Å². The van der Waals surface area contributed by atoms with Crippen molar-refractivity contribution >= 4 is 50.9 Å². The van der Waals surface area contributed by atoms with Gasteiger partial charge in [0.2, 0.25) is 5.95 Å². The maximum absolute atomic E-state index is 13.8. The first-order valence-electron chi connectivity index (χ1n) is 12.2. The van der Waals surface area contributed by atoms with Gasteiger partial charge in [0.1, 0.15) is 11.6 Å². The van der Waals surface area contributed by atoms with Crippen LogP contribution >= 0.6 is 0 Å². The molecule has 0 spiro atoms. The second kappa shape index (κ2) is 9.67. The molecule has 1 amide bonds. The van der Waals surface area contributed by atoms with Gasteiger partial charge < -0.3 is 10.1 Å². The molecule has 2 N–H and O–H groups in total. The van der Waals surface area contributed by atoms with E-state index >= 15 is 0 Å². The van der Waals surface area contributed by atoms with Crippen molar-refractivity contribution in [3.63, 3.8) is 0 Å². The third-order valence-corrected chi connectivity index (χ3v) is 6.34. The summed E-state index contributed by atoms with van der Waals surface area (Å²) in [6.45, 7) is 3.91. The van der Waals surface area contributed by atoms with Crippen molar-refractivity contribution in [2.45, 2.75) is 13.8 Å². The van der Waals surface area contributed by atoms with E-state index in [0.717, 1.165) is 38.5 Å². The van der Waals surface area contributed by atoms with Crippen molar-refractivity contribution in [3.8, 4) is 5.75 Å². The predicted molar refractivity (Wildman–Crippen MR) is 149 cm³/mol. The van der Waals surface area contributed by atoms with Gasteiger partial charge in [0.05, 0.1) is 17.4 Å². The van der Waals surface area contributed by atoms with Crippen molar-refractivity contribution in [1.29, 1.82) is 0 Å². The zero-order valence-electron chi connectivity index (χ0n) is 20.8. The molecule has 6 aromatic rings. The lowest BCUT2D eigenvalue weighted by atomic mass is 10.1. The number of H-pyrrole nitrogens is 1. The zero-order valence-corrected chi connectivity index (χ0v) is 20.8. The standard InChI is InChI=1S/C30H24N6O2/c1-19-6-5-7-20(2)28(19)36(30(37)38-25-12-10-21-8-3-4-9-22(21)17-25)27-14-15-31-29(34-27)33-24-11-13-26-23(16-24)18-32-35-26/h3-18H,1-2H3,(H,32,35)(H,31,33,34). The van der Waals surface area contributed by atoms with E-state index in [-0.39, 0.29) is 0 Å². The van der Waals surface area contributed by atoms with Crippen LogP contribution in [-0.4, -0.2) is 26.3 Å². The van der Waals surface area contributed by atoms with Gasteiger partial charge in [-0.2, -0.15) is 10.1 Å². The molecule has 186 valence electrons. The Balaban J connectivity index is 1.37. The fraction of sp³-hybridized carbons (Fsp3) is 0.0667. The Kier molecular flexibility index (Phi) is 5.89. The molecule has 2 aromatic heterocycles. The normalized spacial score (nSPS) is 11.0. The number of anilines is 4. The van der Waals surface area contributed by atoms with Crippen LogP contribution in [0.4, 0.5) is 27.9 Å². The fourth-order valence-corrected chi connectivity index (χ4v) is 4.52. The van der Waals surface area contributed by atoms with E-state index in [1.807, 2.05) is 86.6 Å². The number of hydrogen-bond acceptors (Lipinski definition) is 6. The number of carbonyl (C=O) groups excluding carboxylic acids is 1. The van der Waals surface area contributed by atoms with Gasteiger partial charge in [0, 0.05) is 23.3 Å². The van der Waals surface area contributed by atoms with E-state index in [0.29, 0.717) is 23.2 Å². The molecule has 8 nitrogen and oxygen atoms in total. The van der Waals surface area contributed by atoms with Crippen LogP contribution in [0.1, 0.15) is 11.1 Å². The Morgan fingerprint density at radius 2 is 1.68 bits per heavy atom. The summed E-state index contributed by atoms with van der Waals surface area (Å²) < 4.78 is 5.90. The summed E-state index contributed by atoms with van der Waals surface area (Å²) in [4.78, 5) is 24.3. The lowest BCUT2D eigenvalue weighted by molar-refractivity contribution is 0.210. The summed E-state index contributed by atoms with van der Waals surface area (Å²) in [5, 5.41) is 13.2. The largest absolute Gasteiger partial charge is 0.425 e. The molecule has 0 aliphatic rings. The summed E-state index contributed by atoms with van der Waals surface area (Å²) in [7, 11) is 0. The van der Waals surface area contributed by atoms with Gasteiger partial charge in [0.25, 0.3) is 0 Å². The molecule has 0 saturated heterocycles. The fourth-order valence-electron chi connectivity index (χ4n) is 4.52. The number of para-hydroxylation sites is 1. The van der Waals surface area contributed by atoms with Crippen molar-refractivity contribution in [2.24, 2.45) is 0 Å². The average Bonchev–Trinajstić information content (AvgIpc) is 3.39. The van der Waals surface area contributed by atoms with E-state index in [9.17, 15) is 4.79 Å². The van der Waals surface area contributed by atoms with Crippen LogP contribution in [0, 0.1) is 13.8 Å². The summed E-state index contributed by atoms with van der Waals surface area (Å²) in [5.41, 5.74) is 4.28. The highest BCUT2D eigenvalue weighted by Gasteiger charge is 2.25. The van der Waals surface area contributed by atoms with E-state index < -0.39 is 6.09 Å². The summed E-state index contributed by atoms with van der Waals surface area (Å²) in [6, 6.07) is 26.9. The highest BCUT2D eigenvalue weighted by atomic mass is 16.6. The maximum atomic E-state index is 13.8. The van der Waals surface area contributed by atoms with Crippen molar-refractivity contribution < 1.29 is 9.53 Å². The minimum atomic E-state index is -0.567. The Bertz CT molecular complexity index is 1770. The van der Waals surface area contributed by atoms with Gasteiger partial charge in [-0.3, -0.25) is 5.10 Å². The number of rotatable bonds is 5. The Morgan fingerprint density at radius 1 is 0.868 bits per heavy atom. The highest BCUT2D eigenvalue weighted by Crippen LogP contribution is 2.33. The molecule has 38 heavy (non-hydrogen) atoms. The monoisotopic (exact) mass is 500 g/mol. The van der Waals surface area contributed by atoms with Crippen LogP contribution in [0.5, 0.6) is 5.75 Å². The second-order valence-electron chi connectivity index (χ2n) is 8.99. The zero-order chi connectivity index (χ0) is 26.1. The number of ether oxygens (including phenoxy) is 1. The molecule has 0 fully saturated rings. The summed E-state index contributed by atoms with van der Waals surface area (Å²) in [5.74, 6) is 1.18. The Hall–Kier alpha value is -5.24. The SMILES string of the molecule is Cc1cccc(C)c1N(C(=O)Oc1ccc2ccccc2c1)c1ccnc(Nc2ccc3[nH]ncc3c2)n1. The third-order valence-electron chi connectivity index (χ3n) is 6.34. The summed E-state index contributed by atoms with van der Waals surface area (Å²) >= 11 is 0. The molecule has 6 rings (SSSR count). The van der Waals surface area contributed by atoms with Gasteiger partial charge in [-0.1, -0.05) is 48.5 Å². The number of carbonyl (C=O) groups is 1. The van der Waals surface area contributed by atoms with Gasteiger partial charge in [-0.15, -0.1) is 0 Å². The van der Waals surface area contributed by atoms with E-state index in [4.69, 9.17) is 4.74 Å². The van der Waals surface area contributed by atoms with Gasteiger partial charge in [0.15, 0.2) is 0 Å². The molecule has 4 aromatic carbocycles. The predicted octanol–water partition coefficient (Wildman–Crippen LogP) is 7.20. The molecule has 0 aliphatic carbocycles. The molecule has 0 bridgehead atoms. The van der Waals surface area contributed by atoms with Crippen LogP contribution in [0.2, 0.25) is 0 Å². The van der Waals surface area contributed by atoms with Crippen LogP contribution in [0.3, 0.4) is 0 Å². The number of nitrogens with one attached hydrogen (secondary N) is 2. The number of aromatic amines is 1. The number of hydrogen-bond donors (Lipinski definition) is 2. The quantitative estimate of drug-likeness (QED) is 0.260. The molecule has 0 aliphatic heterocycles. The van der Waals surface area contributed by atoms with Crippen LogP contribution in [0.25, 0.3) is 21.7 Å². The molecule has 2 heterocycles. The summed E-state index contributed by atoms with van der Waals surface area (Å²) in [6.07, 6.45) is 2.80. The van der Waals surface area contributed by atoms with Crippen molar-refractivity contribution in [1.82, 2.24) is 20.2 Å². The molecule has 0 saturated carbocycles. The molecule has 0 radical (unpaired) electrons. The molecular formula is C30H24N6O2. The number of fused-ring (bicyclic) bond motifs is 2. The minimum Gasteiger partial charge on any atom is -0.410 e. The molecular weight excluding hydrogens is 476 g/mol. The number of amides is 1. The highest BCUT2D eigenvalue weighted by molar-refractivity contribution is 5.98. The van der Waals surface area contributed by atoms with E-state index in [2.05, 4.69) is 25.5 Å². The Morgan fingerprint density at radius 3 is 2.53 bits per heavy atom. The van der Waals surface area contributed by atoms with E-state index in [1.165, 1.54) is 4.90 Å². The molecule has 0 atom stereocenters. The minimum absolute atomic E-state index is 0.347. The smallest absolute Gasteiger partial charge is 0.410 e. The maximum Gasteiger partial charge on any atom is 0.425 e. The van der Waals surface area contributed by atoms with Crippen LogP contribution in [-0.2, 0) is 0 Å². The second-order valence-corrected chi connectivity index (χ2v) is 8.99. The Labute approximate surface area is 218 Å². The van der Waals surface area contributed by atoms with Gasteiger partial charge in [-0.25, -0.2) is 14.7 Å². The number of benzene rings is 4. The first-order chi connectivity index (χ1) is 18.5. The van der Waals surface area contributed by atoms with Crippen LogP contribution < -0.4 is 15.0 Å². The van der Waals surface area contributed by atoms with Crippen LogP contribution in [0.15, 0.2) is 97.3 Å². The van der Waals surface area contributed by atoms with Crippen molar-refractivity contribution in [3.05, 3.63) is 108 Å². The number of aryl methyl sites for hydroxylation is 2. The lowest BCUT2D eigenvalue weighted by Gasteiger charge is -2.25.